The zero-order valence-corrected chi connectivity index (χ0v) is 10.7. The summed E-state index contributed by atoms with van der Waals surface area (Å²) in [7, 11) is 0. The second kappa shape index (κ2) is 7.30. The van der Waals surface area contributed by atoms with Gasteiger partial charge in [-0.15, -0.1) is 0 Å². The van der Waals surface area contributed by atoms with Crippen LogP contribution in [-0.2, 0) is 33.3 Å². The fraction of sp³-hybridized carbons (Fsp3) is 0.818. The van der Waals surface area contributed by atoms with Crippen LogP contribution in [0, 0.1) is 0 Å². The first kappa shape index (κ1) is 14.9. The Kier molecular flexibility index (Phi) is 6.03. The molecule has 7 heteroatoms. The second-order valence-electron chi connectivity index (χ2n) is 3.36. The van der Waals surface area contributed by atoms with Crippen LogP contribution in [0.5, 0.6) is 0 Å². The summed E-state index contributed by atoms with van der Waals surface area (Å²) in [5.74, 6) is -1.34. The topological polar surface area (TPSA) is 80.3 Å². The summed E-state index contributed by atoms with van der Waals surface area (Å²) in [5, 5.41) is 0. The van der Waals surface area contributed by atoms with E-state index in [9.17, 15) is 9.59 Å². The molecular weight excluding hydrogens is 244 g/mol. The van der Waals surface area contributed by atoms with Gasteiger partial charge in [-0.25, -0.2) is 9.59 Å². The molecule has 0 unspecified atom stereocenters. The fourth-order valence-corrected chi connectivity index (χ4v) is 1.44. The van der Waals surface area contributed by atoms with Gasteiger partial charge in [0.15, 0.2) is 12.2 Å². The SMILES string of the molecule is CCOC(=O)[C@@H]1OC(OCC)O[C@H]1C(=O)OCC. The Labute approximate surface area is 105 Å². The minimum absolute atomic E-state index is 0.188. The lowest BCUT2D eigenvalue weighted by atomic mass is 10.2. The molecule has 1 rings (SSSR count). The van der Waals surface area contributed by atoms with Gasteiger partial charge in [0.1, 0.15) is 0 Å². The third-order valence-corrected chi connectivity index (χ3v) is 2.13. The van der Waals surface area contributed by atoms with Crippen molar-refractivity contribution in [3.8, 4) is 0 Å². The number of esters is 2. The molecule has 2 atom stereocenters. The van der Waals surface area contributed by atoms with Crippen LogP contribution >= 0.6 is 0 Å². The Morgan fingerprint density at radius 3 is 1.67 bits per heavy atom. The highest BCUT2D eigenvalue weighted by Crippen LogP contribution is 2.22. The first-order valence-corrected chi connectivity index (χ1v) is 5.89. The average Bonchev–Trinajstić information content (AvgIpc) is 2.74. The van der Waals surface area contributed by atoms with E-state index in [0.29, 0.717) is 6.61 Å². The van der Waals surface area contributed by atoms with Gasteiger partial charge in [0.05, 0.1) is 13.2 Å². The van der Waals surface area contributed by atoms with Crippen molar-refractivity contribution in [2.75, 3.05) is 19.8 Å². The molecule has 18 heavy (non-hydrogen) atoms. The number of hydrogen-bond donors (Lipinski definition) is 0. The summed E-state index contributed by atoms with van der Waals surface area (Å²) in [6.07, 6.45) is -2.30. The molecule has 0 bridgehead atoms. The van der Waals surface area contributed by atoms with Crippen LogP contribution in [0.25, 0.3) is 0 Å². The Morgan fingerprint density at radius 1 is 0.889 bits per heavy atom. The highest BCUT2D eigenvalue weighted by atomic mass is 16.9. The van der Waals surface area contributed by atoms with Crippen LogP contribution in [0.15, 0.2) is 0 Å². The lowest BCUT2D eigenvalue weighted by molar-refractivity contribution is -0.242. The van der Waals surface area contributed by atoms with Crippen molar-refractivity contribution in [2.45, 2.75) is 39.5 Å². The van der Waals surface area contributed by atoms with Gasteiger partial charge in [0.2, 0.25) is 0 Å². The van der Waals surface area contributed by atoms with E-state index in [1.165, 1.54) is 0 Å². The maximum absolute atomic E-state index is 11.6. The zero-order valence-electron chi connectivity index (χ0n) is 10.7. The van der Waals surface area contributed by atoms with Gasteiger partial charge in [-0.05, 0) is 20.8 Å². The molecule has 0 spiro atoms. The highest BCUT2D eigenvalue weighted by molar-refractivity contribution is 5.86. The molecule has 7 nitrogen and oxygen atoms in total. The van der Waals surface area contributed by atoms with Crippen molar-refractivity contribution in [3.63, 3.8) is 0 Å². The van der Waals surface area contributed by atoms with Crippen molar-refractivity contribution in [1.29, 1.82) is 0 Å². The molecule has 1 fully saturated rings. The summed E-state index contributed by atoms with van der Waals surface area (Å²) >= 11 is 0. The van der Waals surface area contributed by atoms with E-state index in [4.69, 9.17) is 23.7 Å². The summed E-state index contributed by atoms with van der Waals surface area (Å²) in [4.78, 5) is 23.2. The molecule has 1 aliphatic rings. The molecule has 1 heterocycles. The van der Waals surface area contributed by atoms with E-state index in [1.807, 2.05) is 0 Å². The molecule has 0 amide bonds. The molecule has 1 aliphatic heterocycles. The highest BCUT2D eigenvalue weighted by Gasteiger charge is 2.47. The maximum Gasteiger partial charge on any atom is 0.338 e. The standard InChI is InChI=1S/C11H18O7/c1-4-14-9(12)7-8(10(13)15-5-2)18-11(17-7)16-6-3/h7-8,11H,4-6H2,1-3H3/t7-,8-/m1/s1. The van der Waals surface area contributed by atoms with Crippen LogP contribution in [0.1, 0.15) is 20.8 Å². The summed E-state index contributed by atoms with van der Waals surface area (Å²) in [5.41, 5.74) is 0. The molecule has 0 saturated carbocycles. The largest absolute Gasteiger partial charge is 0.464 e. The fourth-order valence-electron chi connectivity index (χ4n) is 1.44. The smallest absolute Gasteiger partial charge is 0.338 e. The summed E-state index contributed by atoms with van der Waals surface area (Å²) < 4.78 is 25.0. The van der Waals surface area contributed by atoms with Gasteiger partial charge in [-0.3, -0.25) is 0 Å². The number of hydrogen-bond acceptors (Lipinski definition) is 7. The molecule has 0 radical (unpaired) electrons. The lowest BCUT2D eigenvalue weighted by Gasteiger charge is -2.13. The molecule has 0 N–H and O–H groups in total. The molecule has 0 aromatic carbocycles. The molecule has 1 saturated heterocycles. The predicted molar refractivity (Wildman–Crippen MR) is 58.4 cm³/mol. The third kappa shape index (κ3) is 3.66. The Balaban J connectivity index is 2.69. The monoisotopic (exact) mass is 262 g/mol. The van der Waals surface area contributed by atoms with Crippen LogP contribution in [-0.4, -0.2) is 50.4 Å². The van der Waals surface area contributed by atoms with Crippen LogP contribution in [0.3, 0.4) is 0 Å². The number of rotatable bonds is 6. The summed E-state index contributed by atoms with van der Waals surface area (Å²) in [6, 6.07) is 0. The maximum atomic E-state index is 11.6. The molecule has 104 valence electrons. The first-order chi connectivity index (χ1) is 8.63. The van der Waals surface area contributed by atoms with E-state index in [2.05, 4.69) is 0 Å². The molecular formula is C11H18O7. The van der Waals surface area contributed by atoms with Crippen molar-refractivity contribution >= 4 is 11.9 Å². The third-order valence-electron chi connectivity index (χ3n) is 2.13. The van der Waals surface area contributed by atoms with E-state index < -0.39 is 30.6 Å². The van der Waals surface area contributed by atoms with Gasteiger partial charge in [0, 0.05) is 6.61 Å². The Morgan fingerprint density at radius 2 is 1.33 bits per heavy atom. The van der Waals surface area contributed by atoms with Gasteiger partial charge >= 0.3 is 11.9 Å². The first-order valence-electron chi connectivity index (χ1n) is 5.89. The minimum atomic E-state index is -1.15. The van der Waals surface area contributed by atoms with E-state index in [1.54, 1.807) is 20.8 Å². The summed E-state index contributed by atoms with van der Waals surface area (Å²) in [6.45, 7) is 4.71. The van der Waals surface area contributed by atoms with Gasteiger partial charge in [0.25, 0.3) is 6.48 Å². The van der Waals surface area contributed by atoms with Crippen LogP contribution < -0.4 is 0 Å². The quantitative estimate of drug-likeness (QED) is 0.633. The Bertz CT molecular complexity index is 265. The molecule has 0 aromatic rings. The number of carbonyl (C=O) groups excluding carboxylic acids is 2. The van der Waals surface area contributed by atoms with Gasteiger partial charge < -0.3 is 23.7 Å². The van der Waals surface area contributed by atoms with Gasteiger partial charge in [-0.1, -0.05) is 0 Å². The average molecular weight is 262 g/mol. The van der Waals surface area contributed by atoms with Crippen LogP contribution in [0.2, 0.25) is 0 Å². The number of carbonyl (C=O) groups is 2. The van der Waals surface area contributed by atoms with Crippen molar-refractivity contribution in [2.24, 2.45) is 0 Å². The normalized spacial score (nSPS) is 23.9. The Hall–Kier alpha value is -1.18. The predicted octanol–water partition coefficient (Wildman–Crippen LogP) is 0.217. The van der Waals surface area contributed by atoms with Crippen molar-refractivity contribution in [1.82, 2.24) is 0 Å². The van der Waals surface area contributed by atoms with E-state index >= 15 is 0 Å². The minimum Gasteiger partial charge on any atom is -0.464 e. The van der Waals surface area contributed by atoms with Crippen molar-refractivity contribution in [3.05, 3.63) is 0 Å². The van der Waals surface area contributed by atoms with Crippen LogP contribution in [0.4, 0.5) is 0 Å². The molecule has 0 aromatic heterocycles. The van der Waals surface area contributed by atoms with E-state index in [0.717, 1.165) is 0 Å². The number of ether oxygens (including phenoxy) is 5. The molecule has 0 aliphatic carbocycles. The van der Waals surface area contributed by atoms with E-state index in [-0.39, 0.29) is 13.2 Å². The lowest BCUT2D eigenvalue weighted by Crippen LogP contribution is -2.39. The second-order valence-corrected chi connectivity index (χ2v) is 3.36. The zero-order chi connectivity index (χ0) is 13.5. The van der Waals surface area contributed by atoms with Crippen molar-refractivity contribution < 1.29 is 33.3 Å². The van der Waals surface area contributed by atoms with Gasteiger partial charge in [-0.2, -0.15) is 0 Å².